The Bertz CT molecular complexity index is 325. The van der Waals surface area contributed by atoms with E-state index in [1.807, 2.05) is 0 Å². The van der Waals surface area contributed by atoms with Gasteiger partial charge in [0.15, 0.2) is 0 Å². The fourth-order valence-corrected chi connectivity index (χ4v) is 3.74. The average Bonchev–Trinajstić information content (AvgIpc) is 2.30. The first-order valence-electron chi connectivity index (χ1n) is 7.95. The minimum atomic E-state index is 0.0544. The van der Waals surface area contributed by atoms with E-state index in [4.69, 9.17) is 0 Å². The molecule has 2 fully saturated rings. The number of piperidine rings is 1. The summed E-state index contributed by atoms with van der Waals surface area (Å²) in [7, 11) is 0. The molecule has 1 amide bonds. The molecule has 0 aromatic rings. The number of nitrogens with one attached hydrogen (secondary N) is 1. The fourth-order valence-electron chi connectivity index (χ4n) is 3.74. The molecule has 3 nitrogen and oxygen atoms in total. The SMILES string of the molecule is CC(C)NC1CCCN(C2CCCC(C)(C)C2)C1=O. The molecule has 0 bridgehead atoms. The number of hydrogen-bond acceptors (Lipinski definition) is 2. The molecule has 1 saturated heterocycles. The van der Waals surface area contributed by atoms with Gasteiger partial charge < -0.3 is 10.2 Å². The topological polar surface area (TPSA) is 32.3 Å². The summed E-state index contributed by atoms with van der Waals surface area (Å²) >= 11 is 0. The van der Waals surface area contributed by atoms with Crippen LogP contribution in [-0.4, -0.2) is 35.5 Å². The molecule has 3 heteroatoms. The Morgan fingerprint density at radius 1 is 1.26 bits per heavy atom. The summed E-state index contributed by atoms with van der Waals surface area (Å²) in [5, 5.41) is 3.43. The van der Waals surface area contributed by atoms with Crippen LogP contribution in [0.3, 0.4) is 0 Å². The van der Waals surface area contributed by atoms with Crippen LogP contribution in [0, 0.1) is 5.41 Å². The molecule has 0 aromatic heterocycles. The van der Waals surface area contributed by atoms with Crippen LogP contribution >= 0.6 is 0 Å². The average molecular weight is 266 g/mol. The molecule has 0 aromatic carbocycles. The summed E-state index contributed by atoms with van der Waals surface area (Å²) in [5.41, 5.74) is 0.404. The molecule has 1 aliphatic carbocycles. The maximum atomic E-state index is 12.6. The van der Waals surface area contributed by atoms with Crippen LogP contribution in [0.2, 0.25) is 0 Å². The van der Waals surface area contributed by atoms with Crippen LogP contribution < -0.4 is 5.32 Å². The largest absolute Gasteiger partial charge is 0.338 e. The first kappa shape index (κ1) is 14.8. The lowest BCUT2D eigenvalue weighted by atomic mass is 9.74. The molecule has 19 heavy (non-hydrogen) atoms. The number of hydrogen-bond donors (Lipinski definition) is 1. The van der Waals surface area contributed by atoms with Crippen LogP contribution in [0.25, 0.3) is 0 Å². The lowest BCUT2D eigenvalue weighted by Crippen LogP contribution is -2.56. The van der Waals surface area contributed by atoms with Crippen LogP contribution in [0.15, 0.2) is 0 Å². The molecule has 1 saturated carbocycles. The molecule has 2 unspecified atom stereocenters. The van der Waals surface area contributed by atoms with E-state index in [0.29, 0.717) is 23.4 Å². The van der Waals surface area contributed by atoms with Gasteiger partial charge in [0.2, 0.25) is 5.91 Å². The molecular formula is C16H30N2O. The Morgan fingerprint density at radius 2 is 2.00 bits per heavy atom. The van der Waals surface area contributed by atoms with E-state index in [0.717, 1.165) is 19.4 Å². The molecule has 1 aliphatic heterocycles. The van der Waals surface area contributed by atoms with Crippen LogP contribution in [0.4, 0.5) is 0 Å². The highest BCUT2D eigenvalue weighted by atomic mass is 16.2. The first-order chi connectivity index (χ1) is 8.89. The second-order valence-corrected chi connectivity index (χ2v) is 7.46. The smallest absolute Gasteiger partial charge is 0.239 e. The van der Waals surface area contributed by atoms with Crippen LogP contribution in [0.5, 0.6) is 0 Å². The maximum Gasteiger partial charge on any atom is 0.239 e. The predicted octanol–water partition coefficient (Wildman–Crippen LogP) is 2.94. The monoisotopic (exact) mass is 266 g/mol. The quantitative estimate of drug-likeness (QED) is 0.852. The van der Waals surface area contributed by atoms with Crippen molar-refractivity contribution >= 4 is 5.91 Å². The molecule has 2 rings (SSSR count). The highest BCUT2D eigenvalue weighted by molar-refractivity contribution is 5.83. The van der Waals surface area contributed by atoms with Crippen molar-refractivity contribution in [1.82, 2.24) is 10.2 Å². The van der Waals surface area contributed by atoms with Gasteiger partial charge in [-0.15, -0.1) is 0 Å². The van der Waals surface area contributed by atoms with E-state index in [2.05, 4.69) is 37.9 Å². The summed E-state index contributed by atoms with van der Waals surface area (Å²) in [5.74, 6) is 0.350. The minimum absolute atomic E-state index is 0.0544. The van der Waals surface area contributed by atoms with Crippen LogP contribution in [-0.2, 0) is 4.79 Å². The molecule has 1 heterocycles. The Labute approximate surface area is 118 Å². The van der Waals surface area contributed by atoms with E-state index < -0.39 is 0 Å². The molecule has 1 N–H and O–H groups in total. The van der Waals surface area contributed by atoms with E-state index in [1.54, 1.807) is 0 Å². The van der Waals surface area contributed by atoms with Crippen molar-refractivity contribution in [1.29, 1.82) is 0 Å². The van der Waals surface area contributed by atoms with Crippen molar-refractivity contribution in [3.05, 3.63) is 0 Å². The van der Waals surface area contributed by atoms with Gasteiger partial charge in [-0.3, -0.25) is 4.79 Å². The summed E-state index contributed by atoms with van der Waals surface area (Å²) in [6.07, 6.45) is 7.09. The third-order valence-electron chi connectivity index (χ3n) is 4.63. The minimum Gasteiger partial charge on any atom is -0.338 e. The number of nitrogens with zero attached hydrogens (tertiary/aromatic N) is 1. The van der Waals surface area contributed by atoms with Gasteiger partial charge in [0.25, 0.3) is 0 Å². The Morgan fingerprint density at radius 3 is 2.63 bits per heavy atom. The Kier molecular flexibility index (Phi) is 4.54. The third kappa shape index (κ3) is 3.71. The van der Waals surface area contributed by atoms with E-state index in [-0.39, 0.29) is 6.04 Å². The first-order valence-corrected chi connectivity index (χ1v) is 7.95. The summed E-state index contributed by atoms with van der Waals surface area (Å²) in [4.78, 5) is 14.8. The maximum absolute atomic E-state index is 12.6. The molecule has 2 atom stereocenters. The lowest BCUT2D eigenvalue weighted by molar-refractivity contribution is -0.140. The summed E-state index contributed by atoms with van der Waals surface area (Å²) < 4.78 is 0. The zero-order valence-corrected chi connectivity index (χ0v) is 13.0. The summed E-state index contributed by atoms with van der Waals surface area (Å²) in [6, 6.07) is 0.920. The van der Waals surface area contributed by atoms with Crippen molar-refractivity contribution in [2.75, 3.05) is 6.54 Å². The zero-order valence-electron chi connectivity index (χ0n) is 13.0. The van der Waals surface area contributed by atoms with Crippen molar-refractivity contribution in [3.8, 4) is 0 Å². The lowest BCUT2D eigenvalue weighted by Gasteiger charge is -2.44. The number of carbonyl (C=O) groups excluding carboxylic acids is 1. The molecule has 110 valence electrons. The highest BCUT2D eigenvalue weighted by Crippen LogP contribution is 2.38. The second-order valence-electron chi connectivity index (χ2n) is 7.46. The van der Waals surface area contributed by atoms with Crippen molar-refractivity contribution in [2.24, 2.45) is 5.41 Å². The van der Waals surface area contributed by atoms with Gasteiger partial charge in [0.05, 0.1) is 6.04 Å². The number of likely N-dealkylation sites (tertiary alicyclic amines) is 1. The summed E-state index contributed by atoms with van der Waals surface area (Å²) in [6.45, 7) is 9.90. The molecule has 2 aliphatic rings. The van der Waals surface area contributed by atoms with Gasteiger partial charge in [-0.1, -0.05) is 34.1 Å². The zero-order chi connectivity index (χ0) is 14.0. The van der Waals surface area contributed by atoms with Crippen LogP contribution in [0.1, 0.15) is 66.2 Å². The molecular weight excluding hydrogens is 236 g/mol. The number of amides is 1. The normalized spacial score (nSPS) is 31.8. The second kappa shape index (κ2) is 5.82. The highest BCUT2D eigenvalue weighted by Gasteiger charge is 2.37. The van der Waals surface area contributed by atoms with Crippen molar-refractivity contribution in [3.63, 3.8) is 0 Å². The number of carbonyl (C=O) groups is 1. The van der Waals surface area contributed by atoms with E-state index in [9.17, 15) is 4.79 Å². The predicted molar refractivity (Wildman–Crippen MR) is 79.0 cm³/mol. The molecule has 0 spiro atoms. The molecule has 0 radical (unpaired) electrons. The van der Waals surface area contributed by atoms with Gasteiger partial charge in [-0.25, -0.2) is 0 Å². The standard InChI is InChI=1S/C16H30N2O/c1-12(2)17-14-8-6-10-18(15(14)19)13-7-5-9-16(3,4)11-13/h12-14,17H,5-11H2,1-4H3. The van der Waals surface area contributed by atoms with E-state index >= 15 is 0 Å². The fraction of sp³-hybridized carbons (Fsp3) is 0.938. The Balaban J connectivity index is 2.01. The van der Waals surface area contributed by atoms with E-state index in [1.165, 1.54) is 25.7 Å². The van der Waals surface area contributed by atoms with Gasteiger partial charge in [0, 0.05) is 18.6 Å². The van der Waals surface area contributed by atoms with Gasteiger partial charge in [0.1, 0.15) is 0 Å². The third-order valence-corrected chi connectivity index (χ3v) is 4.63. The van der Waals surface area contributed by atoms with Crippen molar-refractivity contribution < 1.29 is 4.79 Å². The van der Waals surface area contributed by atoms with Gasteiger partial charge >= 0.3 is 0 Å². The van der Waals surface area contributed by atoms with Gasteiger partial charge in [-0.2, -0.15) is 0 Å². The Hall–Kier alpha value is -0.570. The van der Waals surface area contributed by atoms with Crippen molar-refractivity contribution in [2.45, 2.75) is 84.3 Å². The number of rotatable bonds is 3. The van der Waals surface area contributed by atoms with Gasteiger partial charge in [-0.05, 0) is 37.5 Å².